The van der Waals surface area contributed by atoms with Crippen LogP contribution in [-0.4, -0.2) is 34.7 Å². The molecule has 1 aliphatic heterocycles. The first-order valence-corrected chi connectivity index (χ1v) is 13.1. The van der Waals surface area contributed by atoms with Gasteiger partial charge in [-0.15, -0.1) is 0 Å². The van der Waals surface area contributed by atoms with E-state index in [2.05, 4.69) is 46.6 Å². The van der Waals surface area contributed by atoms with Crippen molar-refractivity contribution in [1.29, 1.82) is 0 Å². The van der Waals surface area contributed by atoms with Crippen molar-refractivity contribution in [3.05, 3.63) is 58.4 Å². The standard InChI is InChI=1S/C24H30N4O2S/c1-16(20-8-7-19-5-3-4-6-21(19)12-20)25-13-18-11-23-17(2)27-28(24(23)26-14-18)22-9-10-31(29,30)15-22/h7-8,11-12,14,16,22,25H,3-6,9-10,13,15H2,1-2H3/t16-,22+/m1/s1. The number of fused-ring (bicyclic) bond motifs is 2. The molecule has 3 heterocycles. The van der Waals surface area contributed by atoms with Gasteiger partial charge in [0.1, 0.15) is 0 Å². The van der Waals surface area contributed by atoms with Gasteiger partial charge in [-0.05, 0) is 74.3 Å². The summed E-state index contributed by atoms with van der Waals surface area (Å²) in [5.41, 5.74) is 7.15. The molecule has 1 N–H and O–H groups in total. The lowest BCUT2D eigenvalue weighted by molar-refractivity contribution is 0.509. The average Bonchev–Trinajstić information content (AvgIpc) is 3.30. The van der Waals surface area contributed by atoms with Gasteiger partial charge in [0.05, 0.1) is 23.2 Å². The molecule has 2 aliphatic rings. The van der Waals surface area contributed by atoms with Crippen LogP contribution in [0.15, 0.2) is 30.5 Å². The van der Waals surface area contributed by atoms with E-state index in [1.807, 2.05) is 17.8 Å². The van der Waals surface area contributed by atoms with Crippen LogP contribution in [0.4, 0.5) is 0 Å². The zero-order chi connectivity index (χ0) is 21.6. The minimum Gasteiger partial charge on any atom is -0.306 e. The van der Waals surface area contributed by atoms with Crippen molar-refractivity contribution in [3.63, 3.8) is 0 Å². The molecule has 1 aliphatic carbocycles. The van der Waals surface area contributed by atoms with Crippen molar-refractivity contribution < 1.29 is 8.42 Å². The van der Waals surface area contributed by atoms with Gasteiger partial charge >= 0.3 is 0 Å². The summed E-state index contributed by atoms with van der Waals surface area (Å²) in [4.78, 5) is 4.67. The summed E-state index contributed by atoms with van der Waals surface area (Å²) in [7, 11) is -2.96. The van der Waals surface area contributed by atoms with Crippen LogP contribution in [0.25, 0.3) is 11.0 Å². The molecule has 0 spiro atoms. The molecule has 0 bridgehead atoms. The van der Waals surface area contributed by atoms with E-state index < -0.39 is 9.84 Å². The van der Waals surface area contributed by atoms with Crippen LogP contribution < -0.4 is 5.32 Å². The number of rotatable bonds is 5. The predicted molar refractivity (Wildman–Crippen MR) is 123 cm³/mol. The number of benzene rings is 1. The Morgan fingerprint density at radius 2 is 2.00 bits per heavy atom. The van der Waals surface area contributed by atoms with Crippen molar-refractivity contribution in [2.24, 2.45) is 0 Å². The van der Waals surface area contributed by atoms with Gasteiger partial charge < -0.3 is 5.32 Å². The smallest absolute Gasteiger partial charge is 0.158 e. The molecule has 0 amide bonds. The SMILES string of the molecule is Cc1nn([C@H]2CCS(=O)(=O)C2)c2ncc(CN[C@H](C)c3ccc4c(c3)CCCC4)cc12. The Hall–Kier alpha value is -2.25. The van der Waals surface area contributed by atoms with Gasteiger partial charge in [0.2, 0.25) is 0 Å². The largest absolute Gasteiger partial charge is 0.306 e. The molecule has 2 aromatic heterocycles. The highest BCUT2D eigenvalue weighted by Crippen LogP contribution is 2.28. The van der Waals surface area contributed by atoms with E-state index in [0.29, 0.717) is 6.42 Å². The molecule has 3 aromatic rings. The summed E-state index contributed by atoms with van der Waals surface area (Å²) in [6.45, 7) is 4.90. The summed E-state index contributed by atoms with van der Waals surface area (Å²) in [6, 6.07) is 9.22. The van der Waals surface area contributed by atoms with Gasteiger partial charge in [-0.3, -0.25) is 0 Å². The van der Waals surface area contributed by atoms with E-state index in [1.165, 1.54) is 42.4 Å². The van der Waals surface area contributed by atoms with Gasteiger partial charge in [0.25, 0.3) is 0 Å². The first-order valence-electron chi connectivity index (χ1n) is 11.3. The van der Waals surface area contributed by atoms with Gasteiger partial charge in [-0.25, -0.2) is 18.1 Å². The molecule has 6 nitrogen and oxygen atoms in total. The highest BCUT2D eigenvalue weighted by Gasteiger charge is 2.31. The monoisotopic (exact) mass is 438 g/mol. The minimum atomic E-state index is -2.96. The van der Waals surface area contributed by atoms with E-state index in [4.69, 9.17) is 0 Å². The first kappa shape index (κ1) is 20.6. The Morgan fingerprint density at radius 1 is 1.19 bits per heavy atom. The second-order valence-electron chi connectivity index (χ2n) is 9.14. The van der Waals surface area contributed by atoms with Gasteiger partial charge in [-0.2, -0.15) is 5.10 Å². The summed E-state index contributed by atoms with van der Waals surface area (Å²) in [6.07, 6.45) is 7.51. The topological polar surface area (TPSA) is 76.9 Å². The molecule has 7 heteroatoms. The zero-order valence-corrected chi connectivity index (χ0v) is 19.1. The van der Waals surface area contributed by atoms with Crippen LogP contribution in [0.1, 0.15) is 66.2 Å². The van der Waals surface area contributed by atoms with Crippen LogP contribution in [0.2, 0.25) is 0 Å². The van der Waals surface area contributed by atoms with E-state index in [0.717, 1.165) is 28.8 Å². The van der Waals surface area contributed by atoms with Crippen molar-refractivity contribution in [1.82, 2.24) is 20.1 Å². The second kappa shape index (κ2) is 8.02. The fraction of sp³-hybridized carbons (Fsp3) is 0.500. The fourth-order valence-corrected chi connectivity index (χ4v) is 6.64. The molecule has 2 atom stereocenters. The number of aryl methyl sites for hydroxylation is 3. The van der Waals surface area contributed by atoms with E-state index in [1.54, 1.807) is 0 Å². The summed E-state index contributed by atoms with van der Waals surface area (Å²) in [5, 5.41) is 9.27. The normalized spacial score (nSPS) is 21.3. The Labute approximate surface area is 184 Å². The van der Waals surface area contributed by atoms with E-state index in [-0.39, 0.29) is 23.6 Å². The minimum absolute atomic E-state index is 0.110. The molecule has 164 valence electrons. The third-order valence-electron chi connectivity index (χ3n) is 6.83. The third-order valence-corrected chi connectivity index (χ3v) is 8.58. The summed E-state index contributed by atoms with van der Waals surface area (Å²) in [5.74, 6) is 0.396. The third kappa shape index (κ3) is 4.13. The van der Waals surface area contributed by atoms with Crippen LogP contribution in [0, 0.1) is 6.92 Å². The van der Waals surface area contributed by atoms with Gasteiger partial charge in [0.15, 0.2) is 15.5 Å². The quantitative estimate of drug-likeness (QED) is 0.655. The Morgan fingerprint density at radius 3 is 2.77 bits per heavy atom. The lowest BCUT2D eigenvalue weighted by Crippen LogP contribution is -2.19. The van der Waals surface area contributed by atoms with Crippen molar-refractivity contribution in [3.8, 4) is 0 Å². The summed E-state index contributed by atoms with van der Waals surface area (Å²) < 4.78 is 25.6. The van der Waals surface area contributed by atoms with Crippen molar-refractivity contribution >= 4 is 20.9 Å². The maximum absolute atomic E-state index is 11.9. The molecule has 0 saturated carbocycles. The molecule has 1 fully saturated rings. The van der Waals surface area contributed by atoms with Gasteiger partial charge in [-0.1, -0.05) is 18.2 Å². The first-order chi connectivity index (χ1) is 14.9. The Balaban J connectivity index is 1.31. The number of hydrogen-bond acceptors (Lipinski definition) is 5. The van der Waals surface area contributed by atoms with Crippen LogP contribution in [-0.2, 0) is 29.2 Å². The summed E-state index contributed by atoms with van der Waals surface area (Å²) >= 11 is 0. The highest BCUT2D eigenvalue weighted by molar-refractivity contribution is 7.91. The molecule has 0 unspecified atom stereocenters. The Kier molecular flexibility index (Phi) is 5.34. The van der Waals surface area contributed by atoms with Crippen molar-refractivity contribution in [2.45, 2.75) is 64.6 Å². The lowest BCUT2D eigenvalue weighted by atomic mass is 9.89. The van der Waals surface area contributed by atoms with Crippen LogP contribution >= 0.6 is 0 Å². The van der Waals surface area contributed by atoms with Crippen LogP contribution in [0.5, 0.6) is 0 Å². The number of nitrogens with zero attached hydrogens (tertiary/aromatic N) is 3. The maximum Gasteiger partial charge on any atom is 0.158 e. The Bertz CT molecular complexity index is 1230. The van der Waals surface area contributed by atoms with E-state index >= 15 is 0 Å². The number of sulfone groups is 1. The number of nitrogens with one attached hydrogen (secondary N) is 1. The molecule has 1 aromatic carbocycles. The molecule has 0 radical (unpaired) electrons. The maximum atomic E-state index is 11.9. The molecular formula is C24H30N4O2S. The number of hydrogen-bond donors (Lipinski definition) is 1. The number of pyridine rings is 1. The van der Waals surface area contributed by atoms with Crippen LogP contribution in [0.3, 0.4) is 0 Å². The molecular weight excluding hydrogens is 408 g/mol. The molecule has 1 saturated heterocycles. The highest BCUT2D eigenvalue weighted by atomic mass is 32.2. The second-order valence-corrected chi connectivity index (χ2v) is 11.4. The van der Waals surface area contributed by atoms with Gasteiger partial charge in [0, 0.05) is 24.2 Å². The van der Waals surface area contributed by atoms with Crippen molar-refractivity contribution in [2.75, 3.05) is 11.5 Å². The molecule has 31 heavy (non-hydrogen) atoms. The molecule has 5 rings (SSSR count). The van der Waals surface area contributed by atoms with E-state index in [9.17, 15) is 8.42 Å². The lowest BCUT2D eigenvalue weighted by Gasteiger charge is -2.20. The number of aromatic nitrogens is 3. The average molecular weight is 439 g/mol. The predicted octanol–water partition coefficient (Wildman–Crippen LogP) is 3.83. The zero-order valence-electron chi connectivity index (χ0n) is 18.3. The fourth-order valence-electron chi connectivity index (χ4n) is 4.94.